The summed E-state index contributed by atoms with van der Waals surface area (Å²) in [6.45, 7) is 6.31. The maximum absolute atomic E-state index is 11.8. The van der Waals surface area contributed by atoms with Gasteiger partial charge in [0.1, 0.15) is 6.61 Å². The van der Waals surface area contributed by atoms with Crippen molar-refractivity contribution in [3.63, 3.8) is 0 Å². The minimum atomic E-state index is 0.0830. The Hall–Kier alpha value is -1.39. The molecular formula is C17H23NO2S. The summed E-state index contributed by atoms with van der Waals surface area (Å²) in [5.41, 5.74) is 1.33. The van der Waals surface area contributed by atoms with Gasteiger partial charge in [-0.2, -0.15) is 0 Å². The number of benzene rings is 1. The van der Waals surface area contributed by atoms with Crippen molar-refractivity contribution in [2.24, 2.45) is 0 Å². The standard InChI is InChI=1S/C17H23NO2S/c1-3-18(4-2)17(19)13-20-10-5-6-14-7-8-16-15(12-14)9-11-21-16/h7-9,11-12H,3-6,10,13H2,1-2H3. The molecule has 0 aliphatic rings. The lowest BCUT2D eigenvalue weighted by molar-refractivity contribution is -0.135. The molecule has 114 valence electrons. The smallest absolute Gasteiger partial charge is 0.248 e. The summed E-state index contributed by atoms with van der Waals surface area (Å²) < 4.78 is 6.82. The summed E-state index contributed by atoms with van der Waals surface area (Å²) in [4.78, 5) is 13.6. The third kappa shape index (κ3) is 4.55. The molecule has 2 aromatic rings. The number of likely N-dealkylation sites (N-methyl/N-ethyl adjacent to an activating group) is 1. The molecule has 0 spiro atoms. The van der Waals surface area contributed by atoms with Crippen LogP contribution in [-0.2, 0) is 16.0 Å². The molecular weight excluding hydrogens is 282 g/mol. The van der Waals surface area contributed by atoms with Crippen molar-refractivity contribution >= 4 is 27.3 Å². The Kier molecular flexibility index (Phi) is 6.21. The number of carbonyl (C=O) groups is 1. The fourth-order valence-electron chi connectivity index (χ4n) is 2.38. The van der Waals surface area contributed by atoms with Crippen LogP contribution in [0.1, 0.15) is 25.8 Å². The molecule has 21 heavy (non-hydrogen) atoms. The van der Waals surface area contributed by atoms with Crippen LogP contribution in [0.5, 0.6) is 0 Å². The number of ether oxygens (including phenoxy) is 1. The van der Waals surface area contributed by atoms with E-state index >= 15 is 0 Å². The van der Waals surface area contributed by atoms with Crippen LogP contribution in [0.2, 0.25) is 0 Å². The first-order valence-electron chi connectivity index (χ1n) is 7.56. The van der Waals surface area contributed by atoms with Crippen LogP contribution in [-0.4, -0.2) is 37.1 Å². The predicted octanol–water partition coefficient (Wildman–Crippen LogP) is 3.72. The predicted molar refractivity (Wildman–Crippen MR) is 88.9 cm³/mol. The Balaban J connectivity index is 1.68. The molecule has 1 amide bonds. The van der Waals surface area contributed by atoms with Crippen LogP contribution in [0.4, 0.5) is 0 Å². The van der Waals surface area contributed by atoms with Gasteiger partial charge in [-0.1, -0.05) is 12.1 Å². The molecule has 3 nitrogen and oxygen atoms in total. The van der Waals surface area contributed by atoms with E-state index in [1.807, 2.05) is 13.8 Å². The average molecular weight is 305 g/mol. The van der Waals surface area contributed by atoms with E-state index in [2.05, 4.69) is 29.6 Å². The Labute approximate surface area is 130 Å². The normalized spacial score (nSPS) is 11.0. The number of thiophene rings is 1. The van der Waals surface area contributed by atoms with Gasteiger partial charge >= 0.3 is 0 Å². The lowest BCUT2D eigenvalue weighted by Gasteiger charge is -2.18. The molecule has 0 saturated heterocycles. The monoisotopic (exact) mass is 305 g/mol. The molecule has 0 bridgehead atoms. The third-order valence-electron chi connectivity index (χ3n) is 3.61. The highest BCUT2D eigenvalue weighted by Crippen LogP contribution is 2.22. The minimum Gasteiger partial charge on any atom is -0.372 e. The number of aryl methyl sites for hydroxylation is 1. The fraction of sp³-hybridized carbons (Fsp3) is 0.471. The SMILES string of the molecule is CCN(CC)C(=O)COCCCc1ccc2sccc2c1. The van der Waals surface area contributed by atoms with Gasteiger partial charge in [0.15, 0.2) is 0 Å². The number of hydrogen-bond acceptors (Lipinski definition) is 3. The summed E-state index contributed by atoms with van der Waals surface area (Å²) in [7, 11) is 0. The van der Waals surface area contributed by atoms with Crippen LogP contribution in [0, 0.1) is 0 Å². The largest absolute Gasteiger partial charge is 0.372 e. The molecule has 1 aromatic heterocycles. The van der Waals surface area contributed by atoms with Gasteiger partial charge in [-0.15, -0.1) is 11.3 Å². The van der Waals surface area contributed by atoms with Gasteiger partial charge < -0.3 is 9.64 Å². The number of fused-ring (bicyclic) bond motifs is 1. The molecule has 0 atom stereocenters. The molecule has 1 aromatic carbocycles. The maximum Gasteiger partial charge on any atom is 0.248 e. The first kappa shape index (κ1) is 16.0. The Morgan fingerprint density at radius 3 is 2.81 bits per heavy atom. The van der Waals surface area contributed by atoms with E-state index in [1.165, 1.54) is 15.6 Å². The van der Waals surface area contributed by atoms with Crippen molar-refractivity contribution in [1.29, 1.82) is 0 Å². The highest BCUT2D eigenvalue weighted by atomic mass is 32.1. The van der Waals surface area contributed by atoms with Crippen LogP contribution in [0.15, 0.2) is 29.6 Å². The zero-order valence-corrected chi connectivity index (χ0v) is 13.6. The van der Waals surface area contributed by atoms with Crippen molar-refractivity contribution in [2.45, 2.75) is 26.7 Å². The van der Waals surface area contributed by atoms with Crippen LogP contribution in [0.3, 0.4) is 0 Å². The number of amides is 1. The Bertz CT molecular complexity index is 575. The van der Waals surface area contributed by atoms with Gasteiger partial charge in [-0.05, 0) is 55.2 Å². The van der Waals surface area contributed by atoms with E-state index in [0.29, 0.717) is 6.61 Å². The Morgan fingerprint density at radius 2 is 2.05 bits per heavy atom. The molecule has 0 saturated carbocycles. The van der Waals surface area contributed by atoms with Gasteiger partial charge in [0.25, 0.3) is 0 Å². The van der Waals surface area contributed by atoms with Crippen LogP contribution < -0.4 is 0 Å². The third-order valence-corrected chi connectivity index (χ3v) is 4.51. The number of nitrogens with zero attached hydrogens (tertiary/aromatic N) is 1. The highest BCUT2D eigenvalue weighted by molar-refractivity contribution is 7.17. The number of hydrogen-bond donors (Lipinski definition) is 0. The van der Waals surface area contributed by atoms with Crippen molar-refractivity contribution in [1.82, 2.24) is 4.90 Å². The van der Waals surface area contributed by atoms with E-state index in [0.717, 1.165) is 25.9 Å². The summed E-state index contributed by atoms with van der Waals surface area (Å²) in [6.07, 6.45) is 1.94. The number of carbonyl (C=O) groups excluding carboxylic acids is 1. The van der Waals surface area contributed by atoms with Crippen molar-refractivity contribution in [2.75, 3.05) is 26.3 Å². The van der Waals surface area contributed by atoms with Gasteiger partial charge in [0, 0.05) is 24.4 Å². The lowest BCUT2D eigenvalue weighted by Crippen LogP contribution is -2.33. The molecule has 0 unspecified atom stereocenters. The first-order valence-corrected chi connectivity index (χ1v) is 8.44. The molecule has 0 fully saturated rings. The lowest BCUT2D eigenvalue weighted by atomic mass is 10.1. The molecule has 2 rings (SSSR count). The summed E-state index contributed by atoms with van der Waals surface area (Å²) in [5, 5.41) is 3.44. The topological polar surface area (TPSA) is 29.5 Å². The van der Waals surface area contributed by atoms with Gasteiger partial charge in [-0.25, -0.2) is 0 Å². The van der Waals surface area contributed by atoms with E-state index < -0.39 is 0 Å². The van der Waals surface area contributed by atoms with E-state index in [9.17, 15) is 4.79 Å². The van der Waals surface area contributed by atoms with E-state index in [1.54, 1.807) is 16.2 Å². The zero-order chi connectivity index (χ0) is 15.1. The highest BCUT2D eigenvalue weighted by Gasteiger charge is 2.08. The van der Waals surface area contributed by atoms with Crippen LogP contribution >= 0.6 is 11.3 Å². The molecule has 0 aliphatic carbocycles. The van der Waals surface area contributed by atoms with Gasteiger partial charge in [0.2, 0.25) is 5.91 Å². The maximum atomic E-state index is 11.8. The Morgan fingerprint density at radius 1 is 1.24 bits per heavy atom. The summed E-state index contributed by atoms with van der Waals surface area (Å²) in [5.74, 6) is 0.0830. The average Bonchev–Trinajstić information content (AvgIpc) is 2.95. The number of rotatable bonds is 8. The van der Waals surface area contributed by atoms with E-state index in [-0.39, 0.29) is 12.5 Å². The van der Waals surface area contributed by atoms with Crippen LogP contribution in [0.25, 0.3) is 10.1 Å². The van der Waals surface area contributed by atoms with Gasteiger partial charge in [0.05, 0.1) is 0 Å². The second kappa shape index (κ2) is 8.15. The minimum absolute atomic E-state index is 0.0830. The molecule has 0 aliphatic heterocycles. The molecule has 0 radical (unpaired) electrons. The van der Waals surface area contributed by atoms with Crippen molar-refractivity contribution < 1.29 is 9.53 Å². The van der Waals surface area contributed by atoms with Crippen molar-refractivity contribution in [3.8, 4) is 0 Å². The summed E-state index contributed by atoms with van der Waals surface area (Å²) >= 11 is 1.77. The summed E-state index contributed by atoms with van der Waals surface area (Å²) in [6, 6.07) is 8.76. The van der Waals surface area contributed by atoms with Crippen molar-refractivity contribution in [3.05, 3.63) is 35.2 Å². The fourth-order valence-corrected chi connectivity index (χ4v) is 3.15. The second-order valence-electron chi connectivity index (χ2n) is 5.01. The quantitative estimate of drug-likeness (QED) is 0.696. The second-order valence-corrected chi connectivity index (χ2v) is 5.96. The molecule has 4 heteroatoms. The zero-order valence-electron chi connectivity index (χ0n) is 12.8. The first-order chi connectivity index (χ1) is 10.2. The van der Waals surface area contributed by atoms with E-state index in [4.69, 9.17) is 4.74 Å². The molecule has 0 N–H and O–H groups in total. The molecule has 1 heterocycles. The van der Waals surface area contributed by atoms with Gasteiger partial charge in [-0.3, -0.25) is 4.79 Å².